The molecule has 0 saturated heterocycles. The van der Waals surface area contributed by atoms with Gasteiger partial charge in [0, 0.05) is 30.5 Å². The Morgan fingerprint density at radius 3 is 2.57 bits per heavy atom. The summed E-state index contributed by atoms with van der Waals surface area (Å²) in [5, 5.41) is 0. The highest BCUT2D eigenvalue weighted by atomic mass is 14.8. The topological polar surface area (TPSA) is 37.6 Å². The number of fused-ring (bicyclic) bond motifs is 1. The quantitative estimate of drug-likeness (QED) is 0.740. The average molecular weight is 279 g/mol. The molecule has 108 valence electrons. The second-order valence-electron chi connectivity index (χ2n) is 5.15. The van der Waals surface area contributed by atoms with Crippen LogP contribution in [-0.4, -0.2) is 16.4 Å². The Labute approximate surface area is 126 Å². The van der Waals surface area contributed by atoms with Gasteiger partial charge in [-0.25, -0.2) is 0 Å². The Bertz CT molecular complexity index is 661. The maximum absolute atomic E-state index is 4.37. The normalized spacial score (nSPS) is 19.8. The van der Waals surface area contributed by atoms with Crippen LogP contribution in [0.3, 0.4) is 0 Å². The molecule has 3 heterocycles. The molecule has 2 aliphatic rings. The number of aromatic nitrogens is 1. The van der Waals surface area contributed by atoms with E-state index in [0.717, 1.165) is 24.2 Å². The Kier molecular flexibility index (Phi) is 4.99. The van der Waals surface area contributed by atoms with Gasteiger partial charge in [0.15, 0.2) is 0 Å². The molecule has 0 aromatic carbocycles. The molecule has 0 N–H and O–H groups in total. The minimum absolute atomic E-state index is 0.996. The number of aliphatic imine (C=N–C) groups is 2. The zero-order chi connectivity index (χ0) is 15.2. The fraction of sp³-hybridized carbons (Fsp3) is 0.278. The van der Waals surface area contributed by atoms with Crippen LogP contribution in [0.2, 0.25) is 0 Å². The van der Waals surface area contributed by atoms with Crippen molar-refractivity contribution < 1.29 is 0 Å². The van der Waals surface area contributed by atoms with Gasteiger partial charge in [0.2, 0.25) is 0 Å². The van der Waals surface area contributed by atoms with Gasteiger partial charge in [-0.1, -0.05) is 18.7 Å². The standard InChI is InChI=1S/C10H13N.C8H8N2/c1-4-6-10-9(5-2)7-8(3)11-10;1-6-4-7-2-3-9-5-8(7)10-6/h4-6H,1,7H2,2-3H3;2-3,5H,4H2,1H3/b9-5-,10-6+;. The van der Waals surface area contributed by atoms with E-state index in [-0.39, 0.29) is 0 Å². The van der Waals surface area contributed by atoms with Crippen molar-refractivity contribution in [3.8, 4) is 0 Å². The predicted octanol–water partition coefficient (Wildman–Crippen LogP) is 4.60. The first-order chi connectivity index (χ1) is 10.1. The first-order valence-electron chi connectivity index (χ1n) is 7.13. The summed E-state index contributed by atoms with van der Waals surface area (Å²) < 4.78 is 0. The van der Waals surface area contributed by atoms with Gasteiger partial charge in [-0.15, -0.1) is 0 Å². The van der Waals surface area contributed by atoms with Crippen LogP contribution in [-0.2, 0) is 6.42 Å². The SMILES string of the molecule is C=C/C=C1/N=C(C)C/C1=C/C.CC1=Nc2cnccc2C1. The Morgan fingerprint density at radius 1 is 1.14 bits per heavy atom. The summed E-state index contributed by atoms with van der Waals surface area (Å²) in [6.07, 6.45) is 11.5. The molecule has 0 saturated carbocycles. The van der Waals surface area contributed by atoms with Gasteiger partial charge in [0.05, 0.1) is 17.6 Å². The molecule has 1 aromatic heterocycles. The van der Waals surface area contributed by atoms with E-state index in [2.05, 4.69) is 27.6 Å². The van der Waals surface area contributed by atoms with Crippen LogP contribution in [0.25, 0.3) is 0 Å². The molecule has 0 amide bonds. The molecule has 3 rings (SSSR count). The molecular weight excluding hydrogens is 258 g/mol. The molecule has 1 aromatic rings. The number of hydrogen-bond acceptors (Lipinski definition) is 3. The fourth-order valence-corrected chi connectivity index (χ4v) is 2.37. The monoisotopic (exact) mass is 279 g/mol. The largest absolute Gasteiger partial charge is 0.262 e. The van der Waals surface area contributed by atoms with Crippen LogP contribution < -0.4 is 0 Å². The summed E-state index contributed by atoms with van der Waals surface area (Å²) in [4.78, 5) is 12.7. The first-order valence-corrected chi connectivity index (χ1v) is 7.13. The van der Waals surface area contributed by atoms with E-state index in [1.54, 1.807) is 6.08 Å². The lowest BCUT2D eigenvalue weighted by molar-refractivity contribution is 1.27. The van der Waals surface area contributed by atoms with Crippen molar-refractivity contribution in [2.45, 2.75) is 33.6 Å². The van der Waals surface area contributed by atoms with Crippen molar-refractivity contribution in [3.05, 3.63) is 60.1 Å². The van der Waals surface area contributed by atoms with E-state index in [4.69, 9.17) is 0 Å². The highest BCUT2D eigenvalue weighted by molar-refractivity contribution is 5.91. The van der Waals surface area contributed by atoms with E-state index in [0.29, 0.717) is 0 Å². The van der Waals surface area contributed by atoms with E-state index in [1.807, 2.05) is 45.3 Å². The van der Waals surface area contributed by atoms with E-state index >= 15 is 0 Å². The molecule has 3 nitrogen and oxygen atoms in total. The third kappa shape index (κ3) is 3.85. The zero-order valence-corrected chi connectivity index (χ0v) is 12.9. The van der Waals surface area contributed by atoms with Gasteiger partial charge in [0.25, 0.3) is 0 Å². The van der Waals surface area contributed by atoms with Crippen molar-refractivity contribution in [1.82, 2.24) is 4.98 Å². The molecule has 2 aliphatic heterocycles. The molecule has 21 heavy (non-hydrogen) atoms. The van der Waals surface area contributed by atoms with E-state index in [1.165, 1.54) is 22.6 Å². The number of rotatable bonds is 1. The third-order valence-electron chi connectivity index (χ3n) is 3.36. The minimum atomic E-state index is 0.996. The van der Waals surface area contributed by atoms with Gasteiger partial charge in [-0.2, -0.15) is 0 Å². The maximum Gasteiger partial charge on any atom is 0.0847 e. The second-order valence-corrected chi connectivity index (χ2v) is 5.15. The maximum atomic E-state index is 4.37. The van der Waals surface area contributed by atoms with Crippen LogP contribution in [0, 0.1) is 0 Å². The van der Waals surface area contributed by atoms with Crippen LogP contribution in [0.15, 0.2) is 64.5 Å². The molecule has 0 aliphatic carbocycles. The smallest absolute Gasteiger partial charge is 0.0847 e. The summed E-state index contributed by atoms with van der Waals surface area (Å²) in [6.45, 7) is 9.78. The van der Waals surface area contributed by atoms with Gasteiger partial charge in [-0.05, 0) is 44.1 Å². The van der Waals surface area contributed by atoms with E-state index in [9.17, 15) is 0 Å². The molecule has 3 heteroatoms. The summed E-state index contributed by atoms with van der Waals surface area (Å²) in [6, 6.07) is 2.02. The lowest BCUT2D eigenvalue weighted by Gasteiger charge is -1.93. The van der Waals surface area contributed by atoms with Crippen LogP contribution in [0.1, 0.15) is 32.8 Å². The molecule has 0 radical (unpaired) electrons. The van der Waals surface area contributed by atoms with Gasteiger partial charge < -0.3 is 0 Å². The highest BCUT2D eigenvalue weighted by Gasteiger charge is 2.11. The number of pyridine rings is 1. The van der Waals surface area contributed by atoms with Crippen LogP contribution >= 0.6 is 0 Å². The number of hydrogen-bond donors (Lipinski definition) is 0. The fourth-order valence-electron chi connectivity index (χ4n) is 2.37. The zero-order valence-electron chi connectivity index (χ0n) is 12.9. The van der Waals surface area contributed by atoms with E-state index < -0.39 is 0 Å². The Hall–Kier alpha value is -2.29. The molecule has 0 unspecified atom stereocenters. The van der Waals surface area contributed by atoms with Crippen LogP contribution in [0.5, 0.6) is 0 Å². The van der Waals surface area contributed by atoms with Gasteiger partial charge in [-0.3, -0.25) is 15.0 Å². The van der Waals surface area contributed by atoms with Crippen molar-refractivity contribution in [3.63, 3.8) is 0 Å². The lowest BCUT2D eigenvalue weighted by Crippen LogP contribution is -1.87. The van der Waals surface area contributed by atoms with Crippen molar-refractivity contribution in [2.24, 2.45) is 9.98 Å². The van der Waals surface area contributed by atoms with Crippen molar-refractivity contribution in [1.29, 1.82) is 0 Å². The van der Waals surface area contributed by atoms with Gasteiger partial charge in [0.1, 0.15) is 0 Å². The molecule has 0 spiro atoms. The third-order valence-corrected chi connectivity index (χ3v) is 3.36. The average Bonchev–Trinajstić information content (AvgIpc) is 3.01. The molecule has 0 bridgehead atoms. The molecule has 0 fully saturated rings. The first kappa shape index (κ1) is 15.1. The highest BCUT2D eigenvalue weighted by Crippen LogP contribution is 2.24. The molecule has 0 atom stereocenters. The Morgan fingerprint density at radius 2 is 1.90 bits per heavy atom. The summed E-state index contributed by atoms with van der Waals surface area (Å²) in [5.74, 6) is 0. The van der Waals surface area contributed by atoms with Crippen LogP contribution in [0.4, 0.5) is 5.69 Å². The van der Waals surface area contributed by atoms with Gasteiger partial charge >= 0.3 is 0 Å². The minimum Gasteiger partial charge on any atom is -0.262 e. The summed E-state index contributed by atoms with van der Waals surface area (Å²) in [5.41, 5.74) is 7.09. The summed E-state index contributed by atoms with van der Waals surface area (Å²) in [7, 11) is 0. The van der Waals surface area contributed by atoms with Crippen molar-refractivity contribution in [2.75, 3.05) is 0 Å². The Balaban J connectivity index is 0.000000154. The van der Waals surface area contributed by atoms with Crippen molar-refractivity contribution >= 4 is 17.1 Å². The summed E-state index contributed by atoms with van der Waals surface area (Å²) >= 11 is 0. The lowest BCUT2D eigenvalue weighted by atomic mass is 10.1. The second kappa shape index (κ2) is 6.93. The number of allylic oxidation sites excluding steroid dienone is 4. The molecular formula is C18H21N3. The number of nitrogens with zero attached hydrogens (tertiary/aromatic N) is 3. The predicted molar refractivity (Wildman–Crippen MR) is 90.5 cm³/mol.